The highest BCUT2D eigenvalue weighted by atomic mass is 35.5. The maximum atomic E-state index is 10.8. The lowest BCUT2D eigenvalue weighted by molar-refractivity contribution is 0.112. The third-order valence-corrected chi connectivity index (χ3v) is 2.78. The molecule has 1 aromatic heterocycles. The highest BCUT2D eigenvalue weighted by Crippen LogP contribution is 2.27. The van der Waals surface area contributed by atoms with Crippen molar-refractivity contribution in [2.45, 2.75) is 6.92 Å². The third kappa shape index (κ3) is 2.03. The van der Waals surface area contributed by atoms with Crippen LogP contribution in [0, 0.1) is 6.92 Å². The average molecular weight is 251 g/mol. The lowest BCUT2D eigenvalue weighted by Gasteiger charge is -2.10. The number of rotatable bonds is 3. The van der Waals surface area contributed by atoms with Crippen molar-refractivity contribution in [3.05, 3.63) is 40.7 Å². The molecule has 0 saturated heterocycles. The van der Waals surface area contributed by atoms with E-state index in [4.69, 9.17) is 16.3 Å². The van der Waals surface area contributed by atoms with Gasteiger partial charge in [0.2, 0.25) is 0 Å². The van der Waals surface area contributed by atoms with Crippen LogP contribution in [0.4, 0.5) is 0 Å². The SMILES string of the molecule is COc1ccc(Cl)cc1-n1ncc(C=O)c1C. The van der Waals surface area contributed by atoms with Gasteiger partial charge in [0.05, 0.1) is 24.6 Å². The largest absolute Gasteiger partial charge is 0.494 e. The number of hydrogen-bond donors (Lipinski definition) is 0. The summed E-state index contributed by atoms with van der Waals surface area (Å²) >= 11 is 5.95. The molecule has 0 unspecified atom stereocenters. The van der Waals surface area contributed by atoms with E-state index in [1.165, 1.54) is 6.20 Å². The summed E-state index contributed by atoms with van der Waals surface area (Å²) < 4.78 is 6.88. The van der Waals surface area contributed by atoms with Gasteiger partial charge < -0.3 is 4.74 Å². The third-order valence-electron chi connectivity index (χ3n) is 2.54. The van der Waals surface area contributed by atoms with Crippen LogP contribution in [-0.4, -0.2) is 23.2 Å². The molecule has 1 aromatic carbocycles. The van der Waals surface area contributed by atoms with Gasteiger partial charge in [0.1, 0.15) is 11.4 Å². The summed E-state index contributed by atoms with van der Waals surface area (Å²) in [7, 11) is 1.58. The van der Waals surface area contributed by atoms with Crippen LogP contribution >= 0.6 is 11.6 Å². The number of halogens is 1. The minimum atomic E-state index is 0.548. The lowest BCUT2D eigenvalue weighted by Crippen LogP contribution is -2.02. The standard InChI is InChI=1S/C12H11ClN2O2/c1-8-9(7-16)6-14-15(8)11-5-10(13)3-4-12(11)17-2/h3-7H,1-2H3. The van der Waals surface area contributed by atoms with E-state index in [-0.39, 0.29) is 0 Å². The Hall–Kier alpha value is -1.81. The maximum Gasteiger partial charge on any atom is 0.153 e. The minimum absolute atomic E-state index is 0.548. The Morgan fingerprint density at radius 1 is 1.47 bits per heavy atom. The first-order chi connectivity index (χ1) is 8.17. The molecule has 0 radical (unpaired) electrons. The van der Waals surface area contributed by atoms with Crippen LogP contribution in [0.5, 0.6) is 5.75 Å². The molecule has 88 valence electrons. The topological polar surface area (TPSA) is 44.1 Å². The van der Waals surface area contributed by atoms with Crippen molar-refractivity contribution in [1.82, 2.24) is 9.78 Å². The molecule has 2 aromatic rings. The lowest BCUT2D eigenvalue weighted by atomic mass is 10.2. The molecule has 0 aliphatic carbocycles. The van der Waals surface area contributed by atoms with Gasteiger partial charge in [0.25, 0.3) is 0 Å². The van der Waals surface area contributed by atoms with E-state index < -0.39 is 0 Å². The second-order valence-electron chi connectivity index (χ2n) is 3.53. The molecule has 0 bridgehead atoms. The first kappa shape index (κ1) is 11.7. The van der Waals surface area contributed by atoms with E-state index in [1.54, 1.807) is 30.0 Å². The monoisotopic (exact) mass is 250 g/mol. The van der Waals surface area contributed by atoms with Crippen LogP contribution in [0.25, 0.3) is 5.69 Å². The Morgan fingerprint density at radius 3 is 2.82 bits per heavy atom. The number of methoxy groups -OCH3 is 1. The summed E-state index contributed by atoms with van der Waals surface area (Å²) in [6.07, 6.45) is 2.29. The second-order valence-corrected chi connectivity index (χ2v) is 3.97. The van der Waals surface area contributed by atoms with Crippen LogP contribution in [0.3, 0.4) is 0 Å². The zero-order chi connectivity index (χ0) is 12.4. The fourth-order valence-corrected chi connectivity index (χ4v) is 1.78. The minimum Gasteiger partial charge on any atom is -0.494 e. The summed E-state index contributed by atoms with van der Waals surface area (Å²) in [5.74, 6) is 0.651. The van der Waals surface area contributed by atoms with Crippen LogP contribution in [0.2, 0.25) is 5.02 Å². The van der Waals surface area contributed by atoms with Crippen molar-refractivity contribution in [1.29, 1.82) is 0 Å². The molecule has 0 saturated carbocycles. The van der Waals surface area contributed by atoms with Crippen molar-refractivity contribution in [3.63, 3.8) is 0 Å². The maximum absolute atomic E-state index is 10.8. The zero-order valence-corrected chi connectivity index (χ0v) is 10.2. The zero-order valence-electron chi connectivity index (χ0n) is 9.48. The van der Waals surface area contributed by atoms with Crippen LogP contribution < -0.4 is 4.74 Å². The van der Waals surface area contributed by atoms with Gasteiger partial charge in [-0.2, -0.15) is 5.10 Å². The molecule has 0 spiro atoms. The summed E-state index contributed by atoms with van der Waals surface area (Å²) in [4.78, 5) is 10.8. The number of hydrogen-bond acceptors (Lipinski definition) is 3. The summed E-state index contributed by atoms with van der Waals surface area (Å²) in [6, 6.07) is 5.25. The Morgan fingerprint density at radius 2 is 2.24 bits per heavy atom. The predicted octanol–water partition coefficient (Wildman–Crippen LogP) is 2.66. The van der Waals surface area contributed by atoms with Gasteiger partial charge in [-0.3, -0.25) is 4.79 Å². The first-order valence-electron chi connectivity index (χ1n) is 5.01. The van der Waals surface area contributed by atoms with Crippen LogP contribution in [0.1, 0.15) is 16.1 Å². The average Bonchev–Trinajstić information content (AvgIpc) is 2.70. The molecule has 0 aliphatic rings. The normalized spacial score (nSPS) is 10.3. The number of aromatic nitrogens is 2. The van der Waals surface area contributed by atoms with Gasteiger partial charge in [-0.25, -0.2) is 4.68 Å². The molecule has 17 heavy (non-hydrogen) atoms. The highest BCUT2D eigenvalue weighted by Gasteiger charge is 2.12. The fourth-order valence-electron chi connectivity index (χ4n) is 1.61. The van der Waals surface area contributed by atoms with E-state index in [0.29, 0.717) is 22.0 Å². The number of carbonyl (C=O) groups is 1. The van der Waals surface area contributed by atoms with E-state index >= 15 is 0 Å². The first-order valence-corrected chi connectivity index (χ1v) is 5.39. The van der Waals surface area contributed by atoms with Gasteiger partial charge in [0.15, 0.2) is 6.29 Å². The Kier molecular flexibility index (Phi) is 3.15. The van der Waals surface area contributed by atoms with Gasteiger partial charge in [-0.1, -0.05) is 11.6 Å². The molecule has 0 atom stereocenters. The molecule has 4 nitrogen and oxygen atoms in total. The molecule has 0 N–H and O–H groups in total. The van der Waals surface area contributed by atoms with Crippen LogP contribution in [-0.2, 0) is 0 Å². The van der Waals surface area contributed by atoms with Crippen molar-refractivity contribution < 1.29 is 9.53 Å². The Labute approximate surface area is 104 Å². The second kappa shape index (κ2) is 4.59. The summed E-state index contributed by atoms with van der Waals surface area (Å²) in [5.41, 5.74) is 2.01. The molecule has 0 fully saturated rings. The molecule has 0 amide bonds. The Bertz CT molecular complexity index is 564. The van der Waals surface area contributed by atoms with E-state index in [0.717, 1.165) is 12.0 Å². The molecular weight excluding hydrogens is 240 g/mol. The van der Waals surface area contributed by atoms with Crippen LogP contribution in [0.15, 0.2) is 24.4 Å². The molecular formula is C12H11ClN2O2. The quantitative estimate of drug-likeness (QED) is 0.787. The van der Waals surface area contributed by atoms with Crippen molar-refractivity contribution in [3.8, 4) is 11.4 Å². The summed E-state index contributed by atoms with van der Waals surface area (Å²) in [5, 5.41) is 4.74. The molecule has 0 aliphatic heterocycles. The van der Waals surface area contributed by atoms with Crippen molar-refractivity contribution >= 4 is 17.9 Å². The van der Waals surface area contributed by atoms with Gasteiger partial charge in [-0.15, -0.1) is 0 Å². The van der Waals surface area contributed by atoms with Gasteiger partial charge >= 0.3 is 0 Å². The molecule has 5 heteroatoms. The van der Waals surface area contributed by atoms with Gasteiger partial charge in [-0.05, 0) is 25.1 Å². The molecule has 2 rings (SSSR count). The number of benzene rings is 1. The fraction of sp³-hybridized carbons (Fsp3) is 0.167. The predicted molar refractivity (Wildman–Crippen MR) is 65.3 cm³/mol. The molecule has 1 heterocycles. The van der Waals surface area contributed by atoms with E-state index in [1.807, 2.05) is 6.92 Å². The number of ether oxygens (including phenoxy) is 1. The number of nitrogens with zero attached hydrogens (tertiary/aromatic N) is 2. The van der Waals surface area contributed by atoms with E-state index in [9.17, 15) is 4.79 Å². The Balaban J connectivity index is 2.62. The summed E-state index contributed by atoms with van der Waals surface area (Å²) in [6.45, 7) is 1.82. The number of carbonyl (C=O) groups excluding carboxylic acids is 1. The highest BCUT2D eigenvalue weighted by molar-refractivity contribution is 6.30. The smallest absolute Gasteiger partial charge is 0.153 e. The number of aldehydes is 1. The van der Waals surface area contributed by atoms with E-state index in [2.05, 4.69) is 5.10 Å². The van der Waals surface area contributed by atoms with Crippen molar-refractivity contribution in [2.24, 2.45) is 0 Å². The van der Waals surface area contributed by atoms with Gasteiger partial charge in [0, 0.05) is 5.02 Å². The van der Waals surface area contributed by atoms with Crippen molar-refractivity contribution in [2.75, 3.05) is 7.11 Å².